The van der Waals surface area contributed by atoms with Crippen molar-refractivity contribution < 1.29 is 23.5 Å². The zero-order chi connectivity index (χ0) is 28.1. The van der Waals surface area contributed by atoms with Crippen LogP contribution >= 0.6 is 0 Å². The molecule has 1 fully saturated rings. The second-order valence-corrected chi connectivity index (χ2v) is 9.78. The molecule has 0 saturated carbocycles. The first-order valence-electron chi connectivity index (χ1n) is 13.1. The van der Waals surface area contributed by atoms with Crippen molar-refractivity contribution in [2.75, 3.05) is 62.4 Å². The van der Waals surface area contributed by atoms with Crippen LogP contribution in [0, 0.1) is 0 Å². The Labute approximate surface area is 231 Å². The van der Waals surface area contributed by atoms with Crippen LogP contribution in [-0.2, 0) is 24.4 Å². The fourth-order valence-electron chi connectivity index (χ4n) is 4.81. The third kappa shape index (κ3) is 6.46. The number of hydrogen-bond donors (Lipinski definition) is 2. The van der Waals surface area contributed by atoms with Crippen LogP contribution in [0.1, 0.15) is 16.7 Å². The normalized spacial score (nSPS) is 15.4. The molecule has 2 N–H and O–H groups in total. The van der Waals surface area contributed by atoms with E-state index in [9.17, 15) is 14.0 Å². The molecular weight excluding hydrogens is 517 g/mol. The van der Waals surface area contributed by atoms with Crippen molar-refractivity contribution in [1.82, 2.24) is 19.8 Å². The minimum Gasteiger partial charge on any atom is -0.453 e. The number of amides is 3. The predicted octanol–water partition coefficient (Wildman–Crippen LogP) is 4.26. The largest absolute Gasteiger partial charge is 0.453 e. The molecule has 11 nitrogen and oxygen atoms in total. The highest BCUT2D eigenvalue weighted by atomic mass is 19.1. The Balaban J connectivity index is 1.22. The highest BCUT2D eigenvalue weighted by molar-refractivity contribution is 6.03. The number of piperazine rings is 1. The minimum atomic E-state index is -0.650. The van der Waals surface area contributed by atoms with Crippen molar-refractivity contribution in [3.63, 3.8) is 0 Å². The van der Waals surface area contributed by atoms with E-state index in [1.54, 1.807) is 17.0 Å². The molecule has 3 amide bonds. The lowest BCUT2D eigenvalue weighted by molar-refractivity contribution is 0.147. The molecule has 0 radical (unpaired) electrons. The van der Waals surface area contributed by atoms with Crippen LogP contribution in [0.5, 0.6) is 11.6 Å². The molecule has 2 aliphatic rings. The zero-order valence-electron chi connectivity index (χ0n) is 22.5. The van der Waals surface area contributed by atoms with Gasteiger partial charge in [-0.15, -0.1) is 0 Å². The summed E-state index contributed by atoms with van der Waals surface area (Å²) < 4.78 is 24.3. The summed E-state index contributed by atoms with van der Waals surface area (Å²) in [5, 5.41) is 5.38. The van der Waals surface area contributed by atoms with Gasteiger partial charge in [0.2, 0.25) is 5.88 Å². The fourth-order valence-corrected chi connectivity index (χ4v) is 4.81. The number of carbonyl (C=O) groups is 2. The number of likely N-dealkylation sites (N-methyl/N-ethyl adjacent to an activating group) is 1. The number of nitrogens with zero attached hydrogens (tertiary/aromatic N) is 5. The minimum absolute atomic E-state index is 0.240. The molecule has 1 aromatic heterocycles. The molecule has 3 heterocycles. The standard InChI is InChI=1S/C28H32FN7O4/c1-34-9-11-35(12-10-34)17-20-3-4-22(13-21(20)16-29)32-27(37)36-8-7-19-14-23(5-6-24(19)36)40-26-15-25(30-18-31-26)33-28(38)39-2/h3-6,13-15,18H,7-12,16-17H2,1-2H3,(H,32,37)(H,30,31,33,38). The molecule has 3 aromatic rings. The van der Waals surface area contributed by atoms with Crippen LogP contribution < -0.4 is 20.3 Å². The lowest BCUT2D eigenvalue weighted by atomic mass is 10.1. The van der Waals surface area contributed by atoms with Gasteiger partial charge in [-0.3, -0.25) is 15.1 Å². The number of carbonyl (C=O) groups excluding carboxylic acids is 2. The lowest BCUT2D eigenvalue weighted by Gasteiger charge is -2.32. The van der Waals surface area contributed by atoms with Gasteiger partial charge in [-0.1, -0.05) is 6.07 Å². The first-order valence-corrected chi connectivity index (χ1v) is 13.1. The van der Waals surface area contributed by atoms with E-state index in [2.05, 4.69) is 42.2 Å². The van der Waals surface area contributed by atoms with Gasteiger partial charge in [-0.25, -0.2) is 23.9 Å². The van der Waals surface area contributed by atoms with Gasteiger partial charge in [-0.2, -0.15) is 0 Å². The van der Waals surface area contributed by atoms with Gasteiger partial charge in [0, 0.05) is 56.7 Å². The van der Waals surface area contributed by atoms with Crippen molar-refractivity contribution in [2.45, 2.75) is 19.6 Å². The average Bonchev–Trinajstić information content (AvgIpc) is 3.38. The van der Waals surface area contributed by atoms with E-state index in [1.807, 2.05) is 24.3 Å². The number of ether oxygens (including phenoxy) is 2. The van der Waals surface area contributed by atoms with Gasteiger partial charge in [-0.05, 0) is 60.5 Å². The Bertz CT molecular complexity index is 1380. The summed E-state index contributed by atoms with van der Waals surface area (Å²) in [4.78, 5) is 38.9. The summed E-state index contributed by atoms with van der Waals surface area (Å²) in [5.41, 5.74) is 3.82. The highest BCUT2D eigenvalue weighted by Gasteiger charge is 2.26. The van der Waals surface area contributed by atoms with Crippen LogP contribution in [0.15, 0.2) is 48.8 Å². The number of methoxy groups -OCH3 is 1. The summed E-state index contributed by atoms with van der Waals surface area (Å²) in [6.07, 6.45) is 1.27. The Morgan fingerprint density at radius 3 is 2.58 bits per heavy atom. The maximum Gasteiger partial charge on any atom is 0.412 e. The molecule has 5 rings (SSSR count). The number of aromatic nitrogens is 2. The molecule has 2 aliphatic heterocycles. The second-order valence-electron chi connectivity index (χ2n) is 9.78. The Kier molecular flexibility index (Phi) is 8.37. The van der Waals surface area contributed by atoms with Crippen LogP contribution in [0.25, 0.3) is 0 Å². The van der Waals surface area contributed by atoms with Gasteiger partial charge in [0.1, 0.15) is 24.6 Å². The summed E-state index contributed by atoms with van der Waals surface area (Å²) in [6, 6.07) is 12.1. The van der Waals surface area contributed by atoms with E-state index in [4.69, 9.17) is 4.74 Å². The number of rotatable bonds is 7. The van der Waals surface area contributed by atoms with E-state index < -0.39 is 12.8 Å². The maximum absolute atomic E-state index is 13.9. The Morgan fingerprint density at radius 1 is 0.975 bits per heavy atom. The molecule has 0 unspecified atom stereocenters. The van der Waals surface area contributed by atoms with Gasteiger partial charge in [0.05, 0.1) is 7.11 Å². The smallest absolute Gasteiger partial charge is 0.412 e. The van der Waals surface area contributed by atoms with E-state index in [0.717, 1.165) is 43.0 Å². The van der Waals surface area contributed by atoms with Crippen LogP contribution in [0.3, 0.4) is 0 Å². The molecule has 12 heteroatoms. The third-order valence-corrected chi connectivity index (χ3v) is 7.06. The summed E-state index contributed by atoms with van der Waals surface area (Å²) in [7, 11) is 3.37. The monoisotopic (exact) mass is 549 g/mol. The Morgan fingerprint density at radius 2 is 1.80 bits per heavy atom. The number of anilines is 3. The summed E-state index contributed by atoms with van der Waals surface area (Å²) in [6.45, 7) is 4.52. The van der Waals surface area contributed by atoms with Crippen LogP contribution in [-0.4, -0.2) is 78.8 Å². The van der Waals surface area contributed by atoms with Crippen molar-refractivity contribution in [3.8, 4) is 11.6 Å². The van der Waals surface area contributed by atoms with Crippen molar-refractivity contribution in [2.24, 2.45) is 0 Å². The number of fused-ring (bicyclic) bond motifs is 1. The summed E-state index contributed by atoms with van der Waals surface area (Å²) >= 11 is 0. The average molecular weight is 550 g/mol. The molecule has 210 valence electrons. The molecule has 0 bridgehead atoms. The molecule has 2 aromatic carbocycles. The first-order chi connectivity index (χ1) is 19.4. The number of halogens is 1. The van der Waals surface area contributed by atoms with Gasteiger partial charge < -0.3 is 19.7 Å². The van der Waals surface area contributed by atoms with E-state index in [0.29, 0.717) is 36.5 Å². The zero-order valence-corrected chi connectivity index (χ0v) is 22.5. The quantitative estimate of drug-likeness (QED) is 0.450. The van der Waals surface area contributed by atoms with Gasteiger partial charge in [0.25, 0.3) is 0 Å². The number of urea groups is 1. The van der Waals surface area contributed by atoms with Crippen molar-refractivity contribution >= 4 is 29.3 Å². The van der Waals surface area contributed by atoms with E-state index in [1.165, 1.54) is 19.5 Å². The molecule has 40 heavy (non-hydrogen) atoms. The molecule has 0 aliphatic carbocycles. The third-order valence-electron chi connectivity index (χ3n) is 7.06. The van der Waals surface area contributed by atoms with Gasteiger partial charge >= 0.3 is 12.1 Å². The predicted molar refractivity (Wildman–Crippen MR) is 149 cm³/mol. The maximum atomic E-state index is 13.9. The summed E-state index contributed by atoms with van der Waals surface area (Å²) in [5.74, 6) is 1.02. The molecular formula is C28H32FN7O4. The molecule has 1 saturated heterocycles. The van der Waals surface area contributed by atoms with E-state index >= 15 is 0 Å². The number of alkyl halides is 1. The second kappa shape index (κ2) is 12.3. The number of hydrogen-bond acceptors (Lipinski definition) is 8. The lowest BCUT2D eigenvalue weighted by Crippen LogP contribution is -2.44. The Hall–Kier alpha value is -4.29. The van der Waals surface area contributed by atoms with Crippen LogP contribution in [0.2, 0.25) is 0 Å². The number of benzene rings is 2. The van der Waals surface area contributed by atoms with Crippen molar-refractivity contribution in [1.29, 1.82) is 0 Å². The van der Waals surface area contributed by atoms with Crippen molar-refractivity contribution in [3.05, 3.63) is 65.5 Å². The first kappa shape index (κ1) is 27.3. The SMILES string of the molecule is COC(=O)Nc1cc(Oc2ccc3c(c2)CCN3C(=O)Nc2ccc(CN3CCN(C)CC3)c(CF)c2)ncn1. The van der Waals surface area contributed by atoms with E-state index in [-0.39, 0.29) is 17.7 Å². The topological polar surface area (TPSA) is 112 Å². The van der Waals surface area contributed by atoms with Gasteiger partial charge in [0.15, 0.2) is 0 Å². The highest BCUT2D eigenvalue weighted by Crippen LogP contribution is 2.33. The molecule has 0 atom stereocenters. The number of nitrogens with one attached hydrogen (secondary N) is 2. The van der Waals surface area contributed by atoms with Crippen LogP contribution in [0.4, 0.5) is 31.2 Å². The molecule has 0 spiro atoms. The fraction of sp³-hybridized carbons (Fsp3) is 0.357.